The standard InChI is InChI=1S/C9H10F2INO2S/c10-7-2-3-8(11)9(6-7)16(14,15)13-5-1-4-12/h2-3,6,13H,1,4-5H2. The molecule has 0 atom stereocenters. The molecule has 0 saturated heterocycles. The van der Waals surface area contributed by atoms with Crippen LogP contribution >= 0.6 is 22.6 Å². The molecule has 0 aliphatic heterocycles. The maximum atomic E-state index is 13.2. The highest BCUT2D eigenvalue weighted by atomic mass is 127. The topological polar surface area (TPSA) is 46.2 Å². The molecule has 0 aromatic heterocycles. The van der Waals surface area contributed by atoms with Crippen molar-refractivity contribution in [2.75, 3.05) is 11.0 Å². The minimum absolute atomic E-state index is 0.210. The van der Waals surface area contributed by atoms with E-state index in [1.54, 1.807) is 0 Å². The lowest BCUT2D eigenvalue weighted by Crippen LogP contribution is -2.26. The number of halogens is 3. The van der Waals surface area contributed by atoms with Gasteiger partial charge in [-0.2, -0.15) is 0 Å². The summed E-state index contributed by atoms with van der Waals surface area (Å²) in [6.45, 7) is 0.210. The largest absolute Gasteiger partial charge is 0.243 e. The molecule has 0 unspecified atom stereocenters. The minimum Gasteiger partial charge on any atom is -0.211 e. The van der Waals surface area contributed by atoms with Crippen molar-refractivity contribution in [3.63, 3.8) is 0 Å². The Morgan fingerprint density at radius 2 is 2.00 bits per heavy atom. The van der Waals surface area contributed by atoms with Gasteiger partial charge in [-0.05, 0) is 24.6 Å². The number of rotatable bonds is 5. The van der Waals surface area contributed by atoms with Crippen LogP contribution in [0.5, 0.6) is 0 Å². The summed E-state index contributed by atoms with van der Waals surface area (Å²) in [5, 5.41) is 0. The highest BCUT2D eigenvalue weighted by molar-refractivity contribution is 14.1. The summed E-state index contributed by atoms with van der Waals surface area (Å²) in [5.74, 6) is -1.74. The first kappa shape index (κ1) is 13.8. The Labute approximate surface area is 106 Å². The van der Waals surface area contributed by atoms with E-state index in [2.05, 4.69) is 27.3 Å². The number of alkyl halides is 1. The molecule has 90 valence electrons. The first-order valence-corrected chi connectivity index (χ1v) is 7.49. The summed E-state index contributed by atoms with van der Waals surface area (Å²) >= 11 is 2.10. The van der Waals surface area contributed by atoms with E-state index in [0.717, 1.165) is 16.6 Å². The minimum atomic E-state index is -3.95. The summed E-state index contributed by atoms with van der Waals surface area (Å²) in [7, 11) is -3.95. The molecule has 0 aliphatic rings. The first-order chi connectivity index (χ1) is 7.47. The van der Waals surface area contributed by atoms with E-state index in [1.165, 1.54) is 0 Å². The molecule has 0 aliphatic carbocycles. The Morgan fingerprint density at radius 1 is 1.31 bits per heavy atom. The van der Waals surface area contributed by atoms with Crippen LogP contribution in [0, 0.1) is 11.6 Å². The second kappa shape index (κ2) is 5.87. The molecule has 1 rings (SSSR count). The van der Waals surface area contributed by atoms with Gasteiger partial charge in [-0.3, -0.25) is 0 Å². The highest BCUT2D eigenvalue weighted by Crippen LogP contribution is 2.15. The van der Waals surface area contributed by atoms with Crippen molar-refractivity contribution in [1.82, 2.24) is 4.72 Å². The molecule has 0 spiro atoms. The van der Waals surface area contributed by atoms with Crippen LogP contribution < -0.4 is 4.72 Å². The molecule has 1 aromatic rings. The lowest BCUT2D eigenvalue weighted by molar-refractivity contribution is 0.545. The van der Waals surface area contributed by atoms with Crippen molar-refractivity contribution in [1.29, 1.82) is 0 Å². The lowest BCUT2D eigenvalue weighted by Gasteiger charge is -2.06. The summed E-state index contributed by atoms with van der Waals surface area (Å²) in [5.41, 5.74) is 0. The zero-order valence-electron chi connectivity index (χ0n) is 8.21. The predicted molar refractivity (Wildman–Crippen MR) is 65.1 cm³/mol. The summed E-state index contributed by atoms with van der Waals surface area (Å²) in [6, 6.07) is 2.34. The maximum absolute atomic E-state index is 13.2. The van der Waals surface area contributed by atoms with Crippen molar-refractivity contribution in [3.8, 4) is 0 Å². The second-order valence-electron chi connectivity index (χ2n) is 3.02. The Balaban J connectivity index is 2.93. The normalized spacial score (nSPS) is 11.7. The number of hydrogen-bond donors (Lipinski definition) is 1. The third-order valence-electron chi connectivity index (χ3n) is 1.79. The van der Waals surface area contributed by atoms with E-state index < -0.39 is 26.6 Å². The predicted octanol–water partition coefficient (Wildman–Crippen LogP) is 2.07. The van der Waals surface area contributed by atoms with E-state index >= 15 is 0 Å². The molecule has 0 bridgehead atoms. The van der Waals surface area contributed by atoms with Gasteiger partial charge in [-0.25, -0.2) is 21.9 Å². The van der Waals surface area contributed by atoms with Gasteiger partial charge in [0, 0.05) is 11.0 Å². The first-order valence-electron chi connectivity index (χ1n) is 4.48. The Morgan fingerprint density at radius 3 is 2.62 bits per heavy atom. The van der Waals surface area contributed by atoms with Crippen molar-refractivity contribution < 1.29 is 17.2 Å². The molecule has 1 N–H and O–H groups in total. The van der Waals surface area contributed by atoms with Crippen LogP contribution in [0.1, 0.15) is 6.42 Å². The van der Waals surface area contributed by atoms with Crippen LogP contribution in [-0.4, -0.2) is 19.4 Å². The SMILES string of the molecule is O=S(=O)(NCCCI)c1cc(F)ccc1F. The molecule has 0 saturated carbocycles. The van der Waals surface area contributed by atoms with Crippen molar-refractivity contribution in [2.45, 2.75) is 11.3 Å². The van der Waals surface area contributed by atoms with Gasteiger partial charge in [0.05, 0.1) is 0 Å². The summed E-state index contributed by atoms with van der Waals surface area (Å²) in [6.07, 6.45) is 0.636. The van der Waals surface area contributed by atoms with Gasteiger partial charge in [-0.1, -0.05) is 22.6 Å². The zero-order valence-corrected chi connectivity index (χ0v) is 11.2. The number of benzene rings is 1. The van der Waals surface area contributed by atoms with Gasteiger partial charge in [-0.15, -0.1) is 0 Å². The fourth-order valence-corrected chi connectivity index (χ4v) is 2.58. The van der Waals surface area contributed by atoms with E-state index in [1.807, 2.05) is 0 Å². The molecule has 1 aromatic carbocycles. The van der Waals surface area contributed by atoms with E-state index in [-0.39, 0.29) is 6.54 Å². The summed E-state index contributed by atoms with van der Waals surface area (Å²) in [4.78, 5) is -0.652. The summed E-state index contributed by atoms with van der Waals surface area (Å²) < 4.78 is 52.1. The van der Waals surface area contributed by atoms with Crippen molar-refractivity contribution in [3.05, 3.63) is 29.8 Å². The maximum Gasteiger partial charge on any atom is 0.243 e. The Bertz CT molecular complexity index is 465. The second-order valence-corrected chi connectivity index (χ2v) is 5.83. The van der Waals surface area contributed by atoms with E-state index in [9.17, 15) is 17.2 Å². The number of hydrogen-bond acceptors (Lipinski definition) is 2. The van der Waals surface area contributed by atoms with Gasteiger partial charge in [0.25, 0.3) is 0 Å². The van der Waals surface area contributed by atoms with Crippen molar-refractivity contribution >= 4 is 32.6 Å². The highest BCUT2D eigenvalue weighted by Gasteiger charge is 2.18. The quantitative estimate of drug-likeness (QED) is 0.496. The number of nitrogens with one attached hydrogen (secondary N) is 1. The van der Waals surface area contributed by atoms with Gasteiger partial charge in [0.15, 0.2) is 0 Å². The Hall–Kier alpha value is -0.280. The molecule has 16 heavy (non-hydrogen) atoms. The third-order valence-corrected chi connectivity index (χ3v) is 4.02. The molecule has 3 nitrogen and oxygen atoms in total. The van der Waals surface area contributed by atoms with Crippen LogP contribution in [0.2, 0.25) is 0 Å². The van der Waals surface area contributed by atoms with Gasteiger partial charge < -0.3 is 0 Å². The van der Waals surface area contributed by atoms with Crippen LogP contribution in [0.3, 0.4) is 0 Å². The lowest BCUT2D eigenvalue weighted by atomic mass is 10.3. The van der Waals surface area contributed by atoms with Crippen LogP contribution in [0.25, 0.3) is 0 Å². The zero-order chi connectivity index (χ0) is 12.2. The fourth-order valence-electron chi connectivity index (χ4n) is 1.03. The fraction of sp³-hybridized carbons (Fsp3) is 0.333. The van der Waals surface area contributed by atoms with Gasteiger partial charge in [0.2, 0.25) is 10.0 Å². The average molecular weight is 361 g/mol. The molecule has 0 radical (unpaired) electrons. The van der Waals surface area contributed by atoms with Crippen LogP contribution in [0.15, 0.2) is 23.1 Å². The van der Waals surface area contributed by atoms with Crippen LogP contribution in [0.4, 0.5) is 8.78 Å². The average Bonchev–Trinajstić information content (AvgIpc) is 2.22. The molecular weight excluding hydrogens is 351 g/mol. The Kier molecular flexibility index (Phi) is 5.06. The van der Waals surface area contributed by atoms with Crippen molar-refractivity contribution in [2.24, 2.45) is 0 Å². The van der Waals surface area contributed by atoms with E-state index in [0.29, 0.717) is 12.5 Å². The van der Waals surface area contributed by atoms with E-state index in [4.69, 9.17) is 0 Å². The smallest absolute Gasteiger partial charge is 0.211 e. The van der Waals surface area contributed by atoms with Gasteiger partial charge >= 0.3 is 0 Å². The third kappa shape index (κ3) is 3.63. The monoisotopic (exact) mass is 361 g/mol. The molecule has 0 heterocycles. The molecule has 7 heteroatoms. The van der Waals surface area contributed by atoms with Crippen LogP contribution in [-0.2, 0) is 10.0 Å². The molecule has 0 amide bonds. The van der Waals surface area contributed by atoms with Gasteiger partial charge in [0.1, 0.15) is 16.5 Å². The number of sulfonamides is 1. The molecular formula is C9H10F2INO2S. The molecule has 0 fully saturated rings.